The van der Waals surface area contributed by atoms with Gasteiger partial charge < -0.3 is 10.6 Å². The van der Waals surface area contributed by atoms with Gasteiger partial charge >= 0.3 is 0 Å². The van der Waals surface area contributed by atoms with Crippen molar-refractivity contribution in [3.63, 3.8) is 0 Å². The highest BCUT2D eigenvalue weighted by Gasteiger charge is 1.90. The SMILES string of the molecule is [CH2]CNCCCCNC(C)C. The van der Waals surface area contributed by atoms with Crippen LogP contribution < -0.4 is 10.6 Å². The van der Waals surface area contributed by atoms with E-state index in [4.69, 9.17) is 0 Å². The van der Waals surface area contributed by atoms with Gasteiger partial charge in [0.1, 0.15) is 0 Å². The molecule has 0 amide bonds. The van der Waals surface area contributed by atoms with E-state index in [1.807, 2.05) is 0 Å². The second kappa shape index (κ2) is 8.02. The molecule has 0 aliphatic carbocycles. The first-order chi connectivity index (χ1) is 5.27. The predicted molar refractivity (Wildman–Crippen MR) is 50.6 cm³/mol. The fraction of sp³-hybridized carbons (Fsp3) is 0.889. The Morgan fingerprint density at radius 3 is 2.36 bits per heavy atom. The highest BCUT2D eigenvalue weighted by molar-refractivity contribution is 4.54. The van der Waals surface area contributed by atoms with E-state index in [1.165, 1.54) is 12.8 Å². The van der Waals surface area contributed by atoms with Gasteiger partial charge in [0, 0.05) is 6.04 Å². The fourth-order valence-corrected chi connectivity index (χ4v) is 0.891. The summed E-state index contributed by atoms with van der Waals surface area (Å²) in [6.45, 7) is 11.1. The second-order valence-electron chi connectivity index (χ2n) is 3.07. The Morgan fingerprint density at radius 2 is 1.82 bits per heavy atom. The van der Waals surface area contributed by atoms with Gasteiger partial charge in [0.25, 0.3) is 0 Å². The van der Waals surface area contributed by atoms with Crippen molar-refractivity contribution in [2.75, 3.05) is 19.6 Å². The number of nitrogens with one attached hydrogen (secondary N) is 2. The third-order valence-corrected chi connectivity index (χ3v) is 1.51. The average molecular weight is 157 g/mol. The van der Waals surface area contributed by atoms with Gasteiger partial charge in [-0.05, 0) is 39.4 Å². The fourth-order valence-electron chi connectivity index (χ4n) is 0.891. The molecule has 11 heavy (non-hydrogen) atoms. The standard InChI is InChI=1S/C9H21N2/c1-4-10-7-5-6-8-11-9(2)3/h9-11H,1,4-8H2,2-3H3. The van der Waals surface area contributed by atoms with Crippen LogP contribution in [0.3, 0.4) is 0 Å². The molecule has 0 saturated heterocycles. The Labute approximate surface area is 70.8 Å². The minimum absolute atomic E-state index is 0.621. The first-order valence-electron chi connectivity index (χ1n) is 4.50. The quantitative estimate of drug-likeness (QED) is 0.542. The lowest BCUT2D eigenvalue weighted by Gasteiger charge is -2.07. The molecule has 0 bridgehead atoms. The van der Waals surface area contributed by atoms with Gasteiger partial charge in [-0.15, -0.1) is 0 Å². The molecule has 0 heterocycles. The van der Waals surface area contributed by atoms with Crippen LogP contribution in [0.2, 0.25) is 0 Å². The second-order valence-corrected chi connectivity index (χ2v) is 3.07. The summed E-state index contributed by atoms with van der Waals surface area (Å²) in [5.41, 5.74) is 0. The van der Waals surface area contributed by atoms with E-state index in [2.05, 4.69) is 31.4 Å². The van der Waals surface area contributed by atoms with Crippen LogP contribution in [0.1, 0.15) is 26.7 Å². The van der Waals surface area contributed by atoms with Gasteiger partial charge in [-0.1, -0.05) is 13.8 Å². The predicted octanol–water partition coefficient (Wildman–Crippen LogP) is 1.19. The normalized spacial score (nSPS) is 10.9. The van der Waals surface area contributed by atoms with Gasteiger partial charge in [0.05, 0.1) is 0 Å². The highest BCUT2D eigenvalue weighted by atomic mass is 14.9. The molecule has 0 saturated carbocycles. The molecule has 2 heteroatoms. The molecule has 0 aromatic carbocycles. The van der Waals surface area contributed by atoms with Crippen LogP contribution >= 0.6 is 0 Å². The lowest BCUT2D eigenvalue weighted by molar-refractivity contribution is 0.547. The molecular weight excluding hydrogens is 136 g/mol. The largest absolute Gasteiger partial charge is 0.317 e. The van der Waals surface area contributed by atoms with Crippen molar-refractivity contribution < 1.29 is 0 Å². The van der Waals surface area contributed by atoms with Gasteiger partial charge in [-0.25, -0.2) is 0 Å². The number of hydrogen-bond donors (Lipinski definition) is 2. The summed E-state index contributed by atoms with van der Waals surface area (Å²) in [4.78, 5) is 0. The lowest BCUT2D eigenvalue weighted by Crippen LogP contribution is -2.24. The highest BCUT2D eigenvalue weighted by Crippen LogP contribution is 1.85. The van der Waals surface area contributed by atoms with E-state index in [9.17, 15) is 0 Å². The zero-order valence-corrected chi connectivity index (χ0v) is 7.82. The molecule has 0 aromatic heterocycles. The zero-order chi connectivity index (χ0) is 8.53. The Hall–Kier alpha value is -0.0800. The van der Waals surface area contributed by atoms with Crippen molar-refractivity contribution >= 4 is 0 Å². The summed E-state index contributed by atoms with van der Waals surface area (Å²) >= 11 is 0. The van der Waals surface area contributed by atoms with Crippen molar-refractivity contribution in [3.8, 4) is 0 Å². The van der Waals surface area contributed by atoms with Crippen LogP contribution in [0, 0.1) is 6.92 Å². The first-order valence-corrected chi connectivity index (χ1v) is 4.50. The number of rotatable bonds is 7. The van der Waals surface area contributed by atoms with Gasteiger partial charge in [0.15, 0.2) is 0 Å². The molecule has 0 rings (SSSR count). The van der Waals surface area contributed by atoms with Gasteiger partial charge in [-0.3, -0.25) is 0 Å². The number of hydrogen-bond acceptors (Lipinski definition) is 2. The Kier molecular flexibility index (Phi) is 7.96. The zero-order valence-electron chi connectivity index (χ0n) is 7.82. The van der Waals surface area contributed by atoms with E-state index in [0.717, 1.165) is 19.6 Å². The Bertz CT molecular complexity index is 72.0. The molecule has 2 nitrogen and oxygen atoms in total. The summed E-state index contributed by atoms with van der Waals surface area (Å²) < 4.78 is 0. The van der Waals surface area contributed by atoms with E-state index in [-0.39, 0.29) is 0 Å². The molecule has 1 radical (unpaired) electrons. The van der Waals surface area contributed by atoms with Crippen LogP contribution in [0.5, 0.6) is 0 Å². The van der Waals surface area contributed by atoms with E-state index in [0.29, 0.717) is 6.04 Å². The molecule has 0 aliphatic heterocycles. The first kappa shape index (κ1) is 10.9. The molecular formula is C9H21N2. The molecule has 0 spiro atoms. The summed E-state index contributed by atoms with van der Waals surface area (Å²) in [6, 6.07) is 0.621. The molecule has 0 atom stereocenters. The molecule has 0 aliphatic rings. The Morgan fingerprint density at radius 1 is 1.18 bits per heavy atom. The maximum atomic E-state index is 3.70. The molecule has 67 valence electrons. The molecule has 0 aromatic rings. The van der Waals surface area contributed by atoms with Crippen molar-refractivity contribution in [2.45, 2.75) is 32.7 Å². The maximum Gasteiger partial charge on any atom is 0.00103 e. The molecule has 0 unspecified atom stereocenters. The van der Waals surface area contributed by atoms with E-state index in [1.54, 1.807) is 0 Å². The van der Waals surface area contributed by atoms with Gasteiger partial charge in [-0.2, -0.15) is 0 Å². The van der Waals surface area contributed by atoms with Crippen LogP contribution in [-0.2, 0) is 0 Å². The molecule has 0 fully saturated rings. The van der Waals surface area contributed by atoms with Crippen molar-refractivity contribution in [1.29, 1.82) is 0 Å². The monoisotopic (exact) mass is 157 g/mol. The van der Waals surface area contributed by atoms with Crippen LogP contribution in [0.15, 0.2) is 0 Å². The summed E-state index contributed by atoms with van der Waals surface area (Å²) in [6.07, 6.45) is 2.50. The summed E-state index contributed by atoms with van der Waals surface area (Å²) in [5, 5.41) is 6.58. The van der Waals surface area contributed by atoms with Gasteiger partial charge in [0.2, 0.25) is 0 Å². The van der Waals surface area contributed by atoms with Crippen LogP contribution in [-0.4, -0.2) is 25.7 Å². The minimum Gasteiger partial charge on any atom is -0.317 e. The minimum atomic E-state index is 0.621. The summed E-state index contributed by atoms with van der Waals surface area (Å²) in [7, 11) is 0. The van der Waals surface area contributed by atoms with E-state index < -0.39 is 0 Å². The Balaban J connectivity index is 2.80. The van der Waals surface area contributed by atoms with E-state index >= 15 is 0 Å². The number of unbranched alkanes of at least 4 members (excludes halogenated alkanes) is 1. The third kappa shape index (κ3) is 9.92. The van der Waals surface area contributed by atoms with Crippen LogP contribution in [0.4, 0.5) is 0 Å². The van der Waals surface area contributed by atoms with Crippen molar-refractivity contribution in [3.05, 3.63) is 6.92 Å². The van der Waals surface area contributed by atoms with Crippen molar-refractivity contribution in [2.24, 2.45) is 0 Å². The summed E-state index contributed by atoms with van der Waals surface area (Å²) in [5.74, 6) is 0. The maximum absolute atomic E-state index is 3.70. The van der Waals surface area contributed by atoms with Crippen LogP contribution in [0.25, 0.3) is 0 Å². The third-order valence-electron chi connectivity index (χ3n) is 1.51. The average Bonchev–Trinajstić information content (AvgIpc) is 1.96. The topological polar surface area (TPSA) is 24.1 Å². The lowest BCUT2D eigenvalue weighted by atomic mass is 10.3. The molecule has 2 N–H and O–H groups in total. The smallest absolute Gasteiger partial charge is 0.00103 e. The van der Waals surface area contributed by atoms with Crippen molar-refractivity contribution in [1.82, 2.24) is 10.6 Å².